The lowest BCUT2D eigenvalue weighted by atomic mass is 9.92. The number of anilines is 1. The number of ketones is 1. The van der Waals surface area contributed by atoms with E-state index in [-0.39, 0.29) is 23.2 Å². The number of carbonyl (C=O) groups excluding carboxylic acids is 4. The third-order valence-electron chi connectivity index (χ3n) is 6.94. The number of carboxylic acid groups (broad SMARTS) is 1. The summed E-state index contributed by atoms with van der Waals surface area (Å²) in [5.41, 5.74) is 1.45. The van der Waals surface area contributed by atoms with Gasteiger partial charge in [0.2, 0.25) is 11.8 Å². The van der Waals surface area contributed by atoms with Crippen LogP contribution in [0.5, 0.6) is 5.75 Å². The Kier molecular flexibility index (Phi) is 10.4. The number of halogens is 2. The van der Waals surface area contributed by atoms with Crippen LogP contribution in [0.15, 0.2) is 72.8 Å². The number of hydrogen-bond acceptors (Lipinski definition) is 7. The van der Waals surface area contributed by atoms with Crippen LogP contribution in [0, 0.1) is 17.6 Å². The van der Waals surface area contributed by atoms with Crippen LogP contribution in [0.2, 0.25) is 1.41 Å². The third kappa shape index (κ3) is 8.44. The Morgan fingerprint density at radius 3 is 2.13 bits per heavy atom. The molecule has 3 amide bonds. The monoisotopic (exact) mass is 640 g/mol. The molecule has 0 aliphatic carbocycles. The number of hydrogen-bond donors (Lipinski definition) is 3. The Bertz CT molecular complexity index is 1590. The van der Waals surface area contributed by atoms with Crippen LogP contribution in [-0.4, -0.2) is 64.8 Å². The van der Waals surface area contributed by atoms with Gasteiger partial charge in [0, 0.05) is 11.3 Å². The van der Waals surface area contributed by atoms with Crippen molar-refractivity contribution in [2.75, 3.05) is 23.8 Å². The van der Waals surface area contributed by atoms with Crippen LogP contribution in [0.25, 0.3) is 0 Å². The molecule has 1 fully saturated rings. The first-order valence-electron chi connectivity index (χ1n) is 14.3. The van der Waals surface area contributed by atoms with Crippen LogP contribution in [0.4, 0.5) is 14.5 Å². The second-order valence-electron chi connectivity index (χ2n) is 10.5. The quantitative estimate of drug-likeness (QED) is 0.179. The van der Waals surface area contributed by atoms with Gasteiger partial charge in [-0.3, -0.25) is 19.2 Å². The predicted molar refractivity (Wildman–Crippen MR) is 163 cm³/mol. The molecule has 0 spiro atoms. The molecule has 1 heterocycles. The van der Waals surface area contributed by atoms with Crippen molar-refractivity contribution in [3.05, 3.63) is 95.6 Å². The number of rotatable bonds is 14. The molecule has 0 unspecified atom stereocenters. The fraction of sp³-hybridized carbons (Fsp3) is 0.281. The van der Waals surface area contributed by atoms with Crippen molar-refractivity contribution >= 4 is 46.9 Å². The summed E-state index contributed by atoms with van der Waals surface area (Å²) in [5, 5.41) is 11.2. The molecule has 1 saturated heterocycles. The number of nitrogens with zero attached hydrogens (tertiary/aromatic N) is 1. The summed E-state index contributed by atoms with van der Waals surface area (Å²) < 4.78 is 40.2. The molecule has 236 valence electrons. The highest BCUT2D eigenvalue weighted by Crippen LogP contribution is 2.45. The van der Waals surface area contributed by atoms with Crippen molar-refractivity contribution in [2.24, 2.45) is 5.92 Å². The van der Waals surface area contributed by atoms with E-state index in [1.165, 1.54) is 53.4 Å². The largest absolute Gasteiger partial charge is 0.484 e. The summed E-state index contributed by atoms with van der Waals surface area (Å²) in [7, 11) is 0. The minimum absolute atomic E-state index is 0.0326. The topological polar surface area (TPSA) is 142 Å². The number of Topliss-reactive ketones (excluding diaryl/α,β-unsaturated/α-hetero) is 1. The summed E-state index contributed by atoms with van der Waals surface area (Å²) in [6, 6.07) is 15.3. The molecule has 1 aliphatic rings. The molecule has 3 atom stereocenters. The second kappa shape index (κ2) is 14.8. The summed E-state index contributed by atoms with van der Waals surface area (Å²) in [6.45, 7) is 1.97. The van der Waals surface area contributed by atoms with Crippen LogP contribution < -0.4 is 20.3 Å². The number of ether oxygens (including phenoxy) is 1. The molecule has 1 aliphatic heterocycles. The number of carbonyl (C=O) groups is 5. The average Bonchev–Trinajstić information content (AvgIpc) is 3.02. The molecular weight excluding hydrogens is 608 g/mol. The zero-order valence-corrected chi connectivity index (χ0v) is 25.1. The molecule has 0 saturated carbocycles. The molecule has 45 heavy (non-hydrogen) atoms. The Balaban J connectivity index is 1.40. The van der Waals surface area contributed by atoms with E-state index in [9.17, 15) is 37.9 Å². The van der Waals surface area contributed by atoms with Crippen molar-refractivity contribution in [3.63, 3.8) is 0 Å². The molecule has 4 rings (SSSR count). The number of thioether (sulfide) groups is 1. The van der Waals surface area contributed by atoms with Crippen molar-refractivity contribution in [1.29, 1.82) is 0 Å². The first-order chi connectivity index (χ1) is 21.8. The molecule has 3 N–H and O–H groups in total. The minimum Gasteiger partial charge on any atom is -0.484 e. The van der Waals surface area contributed by atoms with Gasteiger partial charge in [-0.15, -0.1) is 11.8 Å². The number of carboxylic acids is 1. The highest BCUT2D eigenvalue weighted by molar-refractivity contribution is 8.01. The lowest BCUT2D eigenvalue weighted by Crippen LogP contribution is -2.57. The highest BCUT2D eigenvalue weighted by Gasteiger charge is 2.49. The van der Waals surface area contributed by atoms with E-state index in [2.05, 4.69) is 5.32 Å². The Hall–Kier alpha value is -4.78. The van der Waals surface area contributed by atoms with Gasteiger partial charge in [0.1, 0.15) is 28.7 Å². The van der Waals surface area contributed by atoms with Gasteiger partial charge in [-0.1, -0.05) is 26.0 Å². The SMILES string of the molecule is [2H]N(CC(=O)N[C@H](C(=O)O)C(C)C)C(=O)COc1ccc([C@@H]2[C@@H](SCC(=O)c3ccc(F)cc3)C(=O)N2c2ccc(F)cc2)cc1. The first kappa shape index (κ1) is 31.6. The van der Waals surface area contributed by atoms with Crippen LogP contribution in [0.3, 0.4) is 0 Å². The van der Waals surface area contributed by atoms with E-state index in [1.54, 1.807) is 38.1 Å². The smallest absolute Gasteiger partial charge is 0.326 e. The van der Waals surface area contributed by atoms with Crippen LogP contribution in [0.1, 0.15) is 35.8 Å². The molecule has 0 bridgehead atoms. The van der Waals surface area contributed by atoms with Gasteiger partial charge in [0.05, 0.1) is 18.3 Å². The third-order valence-corrected chi connectivity index (χ3v) is 8.19. The maximum Gasteiger partial charge on any atom is 0.326 e. The zero-order valence-electron chi connectivity index (χ0n) is 25.3. The van der Waals surface area contributed by atoms with Crippen LogP contribution >= 0.6 is 11.8 Å². The molecule has 13 heteroatoms. The zero-order chi connectivity index (χ0) is 33.5. The summed E-state index contributed by atoms with van der Waals surface area (Å²) in [4.78, 5) is 63.2. The first-order valence-corrected chi connectivity index (χ1v) is 14.9. The molecule has 10 nitrogen and oxygen atoms in total. The lowest BCUT2D eigenvalue weighted by molar-refractivity contribution is -0.143. The fourth-order valence-electron chi connectivity index (χ4n) is 4.57. The molecular formula is C32H31F2N3O7S. The van der Waals surface area contributed by atoms with Gasteiger partial charge >= 0.3 is 5.97 Å². The predicted octanol–water partition coefficient (Wildman–Crippen LogP) is 3.76. The molecule has 3 aromatic rings. The Labute approximate surface area is 263 Å². The van der Waals surface area contributed by atoms with E-state index in [1.807, 2.05) is 0 Å². The van der Waals surface area contributed by atoms with E-state index in [4.69, 9.17) is 6.15 Å². The minimum atomic E-state index is -1.23. The van der Waals surface area contributed by atoms with Gasteiger partial charge in [-0.05, 0) is 72.1 Å². The van der Waals surface area contributed by atoms with Crippen molar-refractivity contribution in [3.8, 4) is 5.75 Å². The standard InChI is InChI=1S/C32H31F2N3O7S/c1-18(2)28(32(42)43)36-26(39)15-35-27(40)16-44-24-13-5-20(6-14-24)29-30(31(41)37(29)23-11-9-22(34)10-12-23)45-17-25(38)19-3-7-21(33)8-4-19/h3-14,18,28-30H,15-17H2,1-2H3,(H,35,40)(H,36,39)(H,42,43)/t28-,29+,30+/m0/s1/i/hD. The van der Waals surface area contributed by atoms with Gasteiger partial charge < -0.3 is 25.4 Å². The number of amides is 3. The summed E-state index contributed by atoms with van der Waals surface area (Å²) >= 11 is 1.14. The average molecular weight is 641 g/mol. The Morgan fingerprint density at radius 1 is 0.956 bits per heavy atom. The maximum atomic E-state index is 13.6. The number of benzene rings is 3. The van der Waals surface area contributed by atoms with Gasteiger partial charge in [0.15, 0.2) is 13.8 Å². The fourth-order valence-corrected chi connectivity index (χ4v) is 5.78. The van der Waals surface area contributed by atoms with E-state index < -0.39 is 65.8 Å². The molecule has 3 aromatic carbocycles. The van der Waals surface area contributed by atoms with Gasteiger partial charge in [-0.25, -0.2) is 13.6 Å². The Morgan fingerprint density at radius 2 is 1.56 bits per heavy atom. The van der Waals surface area contributed by atoms with Gasteiger partial charge in [-0.2, -0.15) is 0 Å². The van der Waals surface area contributed by atoms with E-state index in [0.29, 0.717) is 22.1 Å². The van der Waals surface area contributed by atoms with E-state index in [0.717, 1.165) is 11.8 Å². The lowest BCUT2D eigenvalue weighted by Gasteiger charge is -2.47. The van der Waals surface area contributed by atoms with Gasteiger partial charge in [0.25, 0.3) is 5.91 Å². The van der Waals surface area contributed by atoms with Crippen molar-refractivity contribution in [1.82, 2.24) is 10.6 Å². The summed E-state index contributed by atoms with van der Waals surface area (Å²) in [6.07, 6.45) is 0. The second-order valence-corrected chi connectivity index (χ2v) is 11.6. The van der Waals surface area contributed by atoms with E-state index >= 15 is 0 Å². The summed E-state index contributed by atoms with van der Waals surface area (Å²) in [5.74, 6) is -4.53. The maximum absolute atomic E-state index is 13.6. The number of β-lactam (4-membered cyclic amide) rings is 1. The van der Waals surface area contributed by atoms with Crippen molar-refractivity contribution < 1.29 is 44.0 Å². The highest BCUT2D eigenvalue weighted by atomic mass is 32.2. The number of aliphatic carboxylic acids is 1. The molecule has 0 radical (unpaired) electrons. The number of nitrogens with one attached hydrogen (secondary N) is 2. The van der Waals surface area contributed by atoms with Crippen LogP contribution in [-0.2, 0) is 19.2 Å². The van der Waals surface area contributed by atoms with Crippen molar-refractivity contribution in [2.45, 2.75) is 31.2 Å². The molecule has 0 aromatic heterocycles. The normalized spacial score (nSPS) is 16.8.